The van der Waals surface area contributed by atoms with Crippen molar-refractivity contribution in [1.29, 1.82) is 0 Å². The van der Waals surface area contributed by atoms with E-state index in [9.17, 15) is 9.59 Å². The summed E-state index contributed by atoms with van der Waals surface area (Å²) in [6.45, 7) is 7.56. The van der Waals surface area contributed by atoms with Gasteiger partial charge in [-0.2, -0.15) is 0 Å². The van der Waals surface area contributed by atoms with Gasteiger partial charge in [0.15, 0.2) is 5.43 Å². The van der Waals surface area contributed by atoms with Gasteiger partial charge in [0.25, 0.3) is 0 Å². The molecule has 0 unspecified atom stereocenters. The van der Waals surface area contributed by atoms with Gasteiger partial charge in [-0.05, 0) is 49.9 Å². The number of aromatic carboxylic acids is 1. The third-order valence-electron chi connectivity index (χ3n) is 3.56. The summed E-state index contributed by atoms with van der Waals surface area (Å²) in [6.07, 6.45) is 0. The minimum absolute atomic E-state index is 0.308. The SMILES string of the molecule is Cc1c(C)c(C)c2c(=O)cc(C(=O)O)oc2c1C. The van der Waals surface area contributed by atoms with Gasteiger partial charge in [-0.25, -0.2) is 4.79 Å². The smallest absolute Gasteiger partial charge is 0.371 e. The normalized spacial score (nSPS) is 10.9. The van der Waals surface area contributed by atoms with Crippen LogP contribution in [0.4, 0.5) is 0 Å². The van der Waals surface area contributed by atoms with Crippen LogP contribution in [0.5, 0.6) is 0 Å². The number of hydrogen-bond acceptors (Lipinski definition) is 3. The van der Waals surface area contributed by atoms with Gasteiger partial charge in [0, 0.05) is 6.07 Å². The third kappa shape index (κ3) is 1.61. The van der Waals surface area contributed by atoms with Crippen molar-refractivity contribution in [3.8, 4) is 0 Å². The Hall–Kier alpha value is -2.10. The summed E-state index contributed by atoms with van der Waals surface area (Å²) in [5, 5.41) is 9.39. The molecule has 0 saturated carbocycles. The van der Waals surface area contributed by atoms with Crippen LogP contribution in [-0.2, 0) is 0 Å². The molecule has 0 bridgehead atoms. The molecule has 0 radical (unpaired) electrons. The average molecular weight is 246 g/mol. The molecule has 2 rings (SSSR count). The highest BCUT2D eigenvalue weighted by atomic mass is 16.4. The Kier molecular flexibility index (Phi) is 2.73. The molecule has 0 saturated heterocycles. The third-order valence-corrected chi connectivity index (χ3v) is 3.56. The maximum absolute atomic E-state index is 12.0. The Balaban J connectivity index is 3.07. The van der Waals surface area contributed by atoms with Crippen LogP contribution < -0.4 is 5.43 Å². The zero-order chi connectivity index (χ0) is 13.6. The largest absolute Gasteiger partial charge is 0.475 e. The fourth-order valence-electron chi connectivity index (χ4n) is 2.14. The van der Waals surface area contributed by atoms with Crippen molar-refractivity contribution < 1.29 is 14.3 Å². The van der Waals surface area contributed by atoms with Crippen molar-refractivity contribution in [3.05, 3.63) is 44.3 Å². The molecule has 2 aromatic rings. The number of carbonyl (C=O) groups is 1. The summed E-state index contributed by atoms with van der Waals surface area (Å²) in [6, 6.07) is 1.03. The van der Waals surface area contributed by atoms with Gasteiger partial charge in [0.05, 0.1) is 5.39 Å². The van der Waals surface area contributed by atoms with E-state index in [4.69, 9.17) is 9.52 Å². The molecular weight excluding hydrogens is 232 g/mol. The molecule has 0 fully saturated rings. The van der Waals surface area contributed by atoms with E-state index in [1.54, 1.807) is 0 Å². The lowest BCUT2D eigenvalue weighted by molar-refractivity contribution is 0.0663. The maximum Gasteiger partial charge on any atom is 0.371 e. The Morgan fingerprint density at radius 3 is 2.17 bits per heavy atom. The van der Waals surface area contributed by atoms with Gasteiger partial charge >= 0.3 is 5.97 Å². The second-order valence-electron chi connectivity index (χ2n) is 4.48. The molecule has 94 valence electrons. The molecule has 0 aliphatic rings. The molecule has 1 aromatic carbocycles. The van der Waals surface area contributed by atoms with E-state index in [0.717, 1.165) is 28.3 Å². The predicted molar refractivity (Wildman–Crippen MR) is 68.4 cm³/mol. The highest BCUT2D eigenvalue weighted by Gasteiger charge is 2.17. The number of carboxylic acids is 1. The fraction of sp³-hybridized carbons (Fsp3) is 0.286. The number of aryl methyl sites for hydroxylation is 2. The van der Waals surface area contributed by atoms with Crippen LogP contribution in [-0.4, -0.2) is 11.1 Å². The molecule has 1 N–H and O–H groups in total. The molecule has 1 aromatic heterocycles. The second-order valence-corrected chi connectivity index (χ2v) is 4.48. The summed E-state index contributed by atoms with van der Waals surface area (Å²) in [5.41, 5.74) is 3.78. The van der Waals surface area contributed by atoms with Gasteiger partial charge in [-0.15, -0.1) is 0 Å². The monoisotopic (exact) mass is 246 g/mol. The molecule has 1 heterocycles. The van der Waals surface area contributed by atoms with Crippen LogP contribution in [0.25, 0.3) is 11.0 Å². The first-order chi connectivity index (χ1) is 8.34. The minimum atomic E-state index is -1.23. The first kappa shape index (κ1) is 12.4. The van der Waals surface area contributed by atoms with E-state index >= 15 is 0 Å². The first-order valence-corrected chi connectivity index (χ1v) is 5.62. The van der Waals surface area contributed by atoms with E-state index in [-0.39, 0.29) is 11.2 Å². The van der Waals surface area contributed by atoms with Crippen LogP contribution in [0.15, 0.2) is 15.3 Å². The summed E-state index contributed by atoms with van der Waals surface area (Å²) in [5.74, 6) is -1.55. The van der Waals surface area contributed by atoms with Crippen molar-refractivity contribution in [3.63, 3.8) is 0 Å². The average Bonchev–Trinajstić information content (AvgIpc) is 2.32. The molecule has 0 aliphatic heterocycles. The van der Waals surface area contributed by atoms with Crippen molar-refractivity contribution in [2.24, 2.45) is 0 Å². The van der Waals surface area contributed by atoms with Crippen LogP contribution in [0.2, 0.25) is 0 Å². The molecule has 18 heavy (non-hydrogen) atoms. The van der Waals surface area contributed by atoms with Crippen molar-refractivity contribution in [2.75, 3.05) is 0 Å². The Morgan fingerprint density at radius 2 is 1.61 bits per heavy atom. The molecular formula is C14H14O4. The summed E-state index contributed by atoms with van der Waals surface area (Å²) in [4.78, 5) is 22.9. The van der Waals surface area contributed by atoms with Crippen LogP contribution in [0.1, 0.15) is 32.8 Å². The number of carboxylic acid groups (broad SMARTS) is 1. The molecule has 0 spiro atoms. The lowest BCUT2D eigenvalue weighted by Crippen LogP contribution is -2.10. The zero-order valence-electron chi connectivity index (χ0n) is 10.7. The molecule has 0 atom stereocenters. The van der Waals surface area contributed by atoms with Crippen molar-refractivity contribution in [1.82, 2.24) is 0 Å². The van der Waals surface area contributed by atoms with E-state index in [0.29, 0.717) is 11.0 Å². The highest BCUT2D eigenvalue weighted by Crippen LogP contribution is 2.27. The minimum Gasteiger partial charge on any atom is -0.475 e. The van der Waals surface area contributed by atoms with Gasteiger partial charge in [-0.1, -0.05) is 0 Å². The summed E-state index contributed by atoms with van der Waals surface area (Å²) < 4.78 is 5.35. The van der Waals surface area contributed by atoms with Crippen molar-refractivity contribution in [2.45, 2.75) is 27.7 Å². The number of hydrogen-bond donors (Lipinski definition) is 1. The topological polar surface area (TPSA) is 67.5 Å². The number of fused-ring (bicyclic) bond motifs is 1. The summed E-state index contributed by atoms with van der Waals surface area (Å²) in [7, 11) is 0. The molecule has 4 nitrogen and oxygen atoms in total. The fourth-order valence-corrected chi connectivity index (χ4v) is 2.14. The Morgan fingerprint density at radius 1 is 1.06 bits per heavy atom. The number of benzene rings is 1. The zero-order valence-corrected chi connectivity index (χ0v) is 10.7. The Labute approximate surface area is 104 Å². The van der Waals surface area contributed by atoms with E-state index in [2.05, 4.69) is 0 Å². The Bertz CT molecular complexity index is 723. The second kappa shape index (κ2) is 3.98. The van der Waals surface area contributed by atoms with Gasteiger partial charge in [-0.3, -0.25) is 4.79 Å². The lowest BCUT2D eigenvalue weighted by Gasteiger charge is -2.12. The standard InChI is InChI=1S/C14H14O4/c1-6-7(2)9(4)13-12(8(6)3)10(15)5-11(18-13)14(16)17/h5H,1-4H3,(H,16,17). The van der Waals surface area contributed by atoms with E-state index in [1.807, 2.05) is 27.7 Å². The molecule has 0 aliphatic carbocycles. The first-order valence-electron chi connectivity index (χ1n) is 5.62. The van der Waals surface area contributed by atoms with Gasteiger partial charge in [0.2, 0.25) is 5.76 Å². The van der Waals surface area contributed by atoms with Gasteiger partial charge < -0.3 is 9.52 Å². The molecule has 0 amide bonds. The van der Waals surface area contributed by atoms with Crippen LogP contribution in [0.3, 0.4) is 0 Å². The van der Waals surface area contributed by atoms with Crippen LogP contribution in [0, 0.1) is 27.7 Å². The number of rotatable bonds is 1. The van der Waals surface area contributed by atoms with E-state index in [1.165, 1.54) is 0 Å². The quantitative estimate of drug-likeness (QED) is 0.840. The lowest BCUT2D eigenvalue weighted by atomic mass is 9.95. The molecule has 4 heteroatoms. The predicted octanol–water partition coefficient (Wildman–Crippen LogP) is 2.72. The summed E-state index contributed by atoms with van der Waals surface area (Å²) >= 11 is 0. The maximum atomic E-state index is 12.0. The van der Waals surface area contributed by atoms with Crippen LogP contribution >= 0.6 is 0 Å². The van der Waals surface area contributed by atoms with Gasteiger partial charge in [0.1, 0.15) is 5.58 Å². The van der Waals surface area contributed by atoms with Crippen molar-refractivity contribution >= 4 is 16.9 Å². The van der Waals surface area contributed by atoms with E-state index < -0.39 is 5.97 Å². The highest BCUT2D eigenvalue weighted by molar-refractivity contribution is 5.90.